The number of nitrogens with zero attached hydrogens (tertiary/aromatic N) is 3. The molecule has 1 aliphatic rings. The van der Waals surface area contributed by atoms with Crippen LogP contribution in [0.25, 0.3) is 0 Å². The zero-order chi connectivity index (χ0) is 20.9. The highest BCUT2D eigenvalue weighted by atomic mass is 35.5. The molecule has 1 heterocycles. The standard InChI is InChI=1S/C18H26ClN3O5S/c1-4-16(22(28(3,25)26)15-8-6-14(19)7-9-15)17(23)20-10-12-21(13-11-20)18(24)27-5-2/h6-9,16H,4-5,10-13H2,1-3H3/t16-/m0/s1. The number of anilines is 1. The number of hydrogen-bond donors (Lipinski definition) is 0. The average Bonchev–Trinajstić information content (AvgIpc) is 2.66. The van der Waals surface area contributed by atoms with Crippen molar-refractivity contribution in [1.29, 1.82) is 0 Å². The number of benzene rings is 1. The van der Waals surface area contributed by atoms with E-state index in [1.807, 2.05) is 0 Å². The molecule has 1 aromatic carbocycles. The summed E-state index contributed by atoms with van der Waals surface area (Å²) in [5, 5.41) is 0.478. The van der Waals surface area contributed by atoms with E-state index < -0.39 is 22.2 Å². The van der Waals surface area contributed by atoms with Crippen LogP contribution in [0.1, 0.15) is 20.3 Å². The van der Waals surface area contributed by atoms with Crippen LogP contribution in [-0.2, 0) is 19.6 Å². The number of hydrogen-bond acceptors (Lipinski definition) is 5. The van der Waals surface area contributed by atoms with Gasteiger partial charge in [0.25, 0.3) is 0 Å². The summed E-state index contributed by atoms with van der Waals surface area (Å²) in [7, 11) is -3.70. The van der Waals surface area contributed by atoms with Gasteiger partial charge in [-0.05, 0) is 37.6 Å². The monoisotopic (exact) mass is 431 g/mol. The van der Waals surface area contributed by atoms with Crippen molar-refractivity contribution in [2.75, 3.05) is 43.3 Å². The van der Waals surface area contributed by atoms with Gasteiger partial charge >= 0.3 is 6.09 Å². The lowest BCUT2D eigenvalue weighted by Gasteiger charge is -2.38. The van der Waals surface area contributed by atoms with Gasteiger partial charge in [0.2, 0.25) is 15.9 Å². The van der Waals surface area contributed by atoms with Crippen LogP contribution < -0.4 is 4.31 Å². The van der Waals surface area contributed by atoms with E-state index in [1.54, 1.807) is 47.9 Å². The third-order valence-corrected chi connectivity index (χ3v) is 5.94. The lowest BCUT2D eigenvalue weighted by Crippen LogP contribution is -2.56. The molecule has 1 aliphatic heterocycles. The molecule has 0 unspecified atom stereocenters. The summed E-state index contributed by atoms with van der Waals surface area (Å²) in [6, 6.07) is 5.47. The summed E-state index contributed by atoms with van der Waals surface area (Å²) in [5.74, 6) is -0.286. The predicted molar refractivity (Wildman–Crippen MR) is 108 cm³/mol. The maximum atomic E-state index is 13.1. The van der Waals surface area contributed by atoms with E-state index in [1.165, 1.54) is 0 Å². The first-order chi connectivity index (χ1) is 13.2. The lowest BCUT2D eigenvalue weighted by atomic mass is 10.1. The SMILES string of the molecule is CCOC(=O)N1CCN(C(=O)[C@H](CC)N(c2ccc(Cl)cc2)S(C)(=O)=O)CC1. The third kappa shape index (κ3) is 5.29. The van der Waals surface area contributed by atoms with Gasteiger partial charge in [0.15, 0.2) is 0 Å². The molecule has 0 N–H and O–H groups in total. The van der Waals surface area contributed by atoms with Gasteiger partial charge in [-0.1, -0.05) is 18.5 Å². The Morgan fingerprint density at radius 3 is 2.11 bits per heavy atom. The predicted octanol–water partition coefficient (Wildman–Crippen LogP) is 2.19. The summed E-state index contributed by atoms with van der Waals surface area (Å²) in [5.41, 5.74) is 0.386. The smallest absolute Gasteiger partial charge is 0.409 e. The summed E-state index contributed by atoms with van der Waals surface area (Å²) >= 11 is 5.90. The molecular formula is C18H26ClN3O5S. The minimum absolute atomic E-state index is 0.286. The lowest BCUT2D eigenvalue weighted by molar-refractivity contribution is -0.134. The molecule has 1 aromatic rings. The topological polar surface area (TPSA) is 87.2 Å². The number of carbonyl (C=O) groups is 2. The Kier molecular flexibility index (Phi) is 7.54. The number of halogens is 1. The number of amides is 2. The van der Waals surface area contributed by atoms with Crippen LogP contribution in [0.5, 0.6) is 0 Å². The minimum Gasteiger partial charge on any atom is -0.450 e. The van der Waals surface area contributed by atoms with Crippen LogP contribution in [-0.4, -0.2) is 75.3 Å². The van der Waals surface area contributed by atoms with Crippen LogP contribution in [0.4, 0.5) is 10.5 Å². The molecule has 0 bridgehead atoms. The molecule has 10 heteroatoms. The van der Waals surface area contributed by atoms with Gasteiger partial charge in [-0.3, -0.25) is 9.10 Å². The normalized spacial score (nSPS) is 15.9. The van der Waals surface area contributed by atoms with Gasteiger partial charge in [0.1, 0.15) is 6.04 Å². The van der Waals surface area contributed by atoms with E-state index in [0.717, 1.165) is 10.6 Å². The van der Waals surface area contributed by atoms with Gasteiger partial charge in [0.05, 0.1) is 18.6 Å². The van der Waals surface area contributed by atoms with Crippen molar-refractivity contribution in [2.45, 2.75) is 26.3 Å². The van der Waals surface area contributed by atoms with E-state index in [2.05, 4.69) is 0 Å². The molecule has 156 valence electrons. The third-order valence-electron chi connectivity index (χ3n) is 4.51. The first-order valence-electron chi connectivity index (χ1n) is 9.14. The van der Waals surface area contributed by atoms with Crippen LogP contribution >= 0.6 is 11.6 Å². The Bertz CT molecular complexity index is 792. The van der Waals surface area contributed by atoms with Gasteiger partial charge in [-0.15, -0.1) is 0 Å². The van der Waals surface area contributed by atoms with E-state index >= 15 is 0 Å². The molecule has 0 spiro atoms. The number of carbonyl (C=O) groups excluding carboxylic acids is 2. The van der Waals surface area contributed by atoms with Crippen LogP contribution in [0.2, 0.25) is 5.02 Å². The zero-order valence-electron chi connectivity index (χ0n) is 16.3. The van der Waals surface area contributed by atoms with Crippen molar-refractivity contribution in [3.63, 3.8) is 0 Å². The van der Waals surface area contributed by atoms with Crippen molar-refractivity contribution in [1.82, 2.24) is 9.80 Å². The highest BCUT2D eigenvalue weighted by Gasteiger charge is 2.35. The Morgan fingerprint density at radius 1 is 1.11 bits per heavy atom. The van der Waals surface area contributed by atoms with Gasteiger partial charge < -0.3 is 14.5 Å². The van der Waals surface area contributed by atoms with Crippen LogP contribution in [0, 0.1) is 0 Å². The van der Waals surface area contributed by atoms with Gasteiger partial charge in [0, 0.05) is 31.2 Å². The number of ether oxygens (including phenoxy) is 1. The second kappa shape index (κ2) is 9.47. The molecule has 0 radical (unpaired) electrons. The number of sulfonamides is 1. The fourth-order valence-electron chi connectivity index (χ4n) is 3.17. The van der Waals surface area contributed by atoms with E-state index in [4.69, 9.17) is 16.3 Å². The minimum atomic E-state index is -3.70. The summed E-state index contributed by atoms with van der Waals surface area (Å²) in [6.45, 7) is 5.15. The van der Waals surface area contributed by atoms with Crippen molar-refractivity contribution in [2.24, 2.45) is 0 Å². The zero-order valence-corrected chi connectivity index (χ0v) is 17.9. The first kappa shape index (κ1) is 22.3. The molecule has 0 aliphatic carbocycles. The summed E-state index contributed by atoms with van der Waals surface area (Å²) in [4.78, 5) is 28.1. The number of piperazine rings is 1. The fourth-order valence-corrected chi connectivity index (χ4v) is 4.50. The van der Waals surface area contributed by atoms with E-state index in [0.29, 0.717) is 49.9 Å². The molecule has 2 amide bonds. The summed E-state index contributed by atoms with van der Waals surface area (Å²) < 4.78 is 31.1. The first-order valence-corrected chi connectivity index (χ1v) is 11.4. The highest BCUT2D eigenvalue weighted by Crippen LogP contribution is 2.25. The molecule has 1 saturated heterocycles. The van der Waals surface area contributed by atoms with Crippen LogP contribution in [0.15, 0.2) is 24.3 Å². The Labute approximate surface area is 171 Å². The maximum Gasteiger partial charge on any atom is 0.409 e. The Morgan fingerprint density at radius 2 is 1.64 bits per heavy atom. The maximum absolute atomic E-state index is 13.1. The highest BCUT2D eigenvalue weighted by molar-refractivity contribution is 7.92. The van der Waals surface area contributed by atoms with Gasteiger partial charge in [-0.25, -0.2) is 13.2 Å². The van der Waals surface area contributed by atoms with Crippen molar-refractivity contribution >= 4 is 39.3 Å². The van der Waals surface area contributed by atoms with E-state index in [-0.39, 0.29) is 5.91 Å². The molecule has 28 heavy (non-hydrogen) atoms. The second-order valence-corrected chi connectivity index (χ2v) is 8.77. The molecule has 2 rings (SSSR count). The summed E-state index contributed by atoms with van der Waals surface area (Å²) in [6.07, 6.45) is 0.989. The Balaban J connectivity index is 2.19. The van der Waals surface area contributed by atoms with Gasteiger partial charge in [-0.2, -0.15) is 0 Å². The van der Waals surface area contributed by atoms with Crippen molar-refractivity contribution < 1.29 is 22.7 Å². The second-order valence-electron chi connectivity index (χ2n) is 6.47. The molecular weight excluding hydrogens is 406 g/mol. The largest absolute Gasteiger partial charge is 0.450 e. The van der Waals surface area contributed by atoms with Crippen molar-refractivity contribution in [3.05, 3.63) is 29.3 Å². The quantitative estimate of drug-likeness (QED) is 0.689. The fraction of sp³-hybridized carbons (Fsp3) is 0.556. The van der Waals surface area contributed by atoms with Crippen molar-refractivity contribution in [3.8, 4) is 0 Å². The van der Waals surface area contributed by atoms with E-state index in [9.17, 15) is 18.0 Å². The molecule has 0 saturated carbocycles. The average molecular weight is 432 g/mol. The molecule has 1 atom stereocenters. The van der Waals surface area contributed by atoms with Crippen LogP contribution in [0.3, 0.4) is 0 Å². The molecule has 1 fully saturated rings. The number of rotatable bonds is 6. The molecule has 8 nitrogen and oxygen atoms in total. The Hall–Kier alpha value is -2.00. The molecule has 0 aromatic heterocycles.